The molecule has 0 aliphatic carbocycles. The SMILES string of the molecule is CC(C)c1cc(=O)n(Cc2ccccc2F)c2cc(OCC(=O)NCCN(C)C)ccc12. The van der Waals surface area contributed by atoms with Gasteiger partial charge < -0.3 is 19.5 Å². The van der Waals surface area contributed by atoms with Gasteiger partial charge >= 0.3 is 0 Å². The molecule has 6 nitrogen and oxygen atoms in total. The lowest BCUT2D eigenvalue weighted by Gasteiger charge is -2.17. The van der Waals surface area contributed by atoms with Crippen molar-refractivity contribution in [1.82, 2.24) is 14.8 Å². The Morgan fingerprint density at radius 1 is 1.16 bits per heavy atom. The average molecular weight is 440 g/mol. The molecule has 1 aromatic heterocycles. The first kappa shape index (κ1) is 23.5. The molecule has 0 radical (unpaired) electrons. The van der Waals surface area contributed by atoms with Crippen LogP contribution in [0.3, 0.4) is 0 Å². The van der Waals surface area contributed by atoms with E-state index in [1.807, 2.05) is 38.9 Å². The van der Waals surface area contributed by atoms with Crippen molar-refractivity contribution < 1.29 is 13.9 Å². The molecule has 1 amide bonds. The highest BCUT2D eigenvalue weighted by molar-refractivity contribution is 5.85. The largest absolute Gasteiger partial charge is 0.484 e. The van der Waals surface area contributed by atoms with Gasteiger partial charge in [0.05, 0.1) is 12.1 Å². The molecule has 2 aromatic carbocycles. The maximum atomic E-state index is 14.3. The number of halogens is 1. The van der Waals surface area contributed by atoms with Crippen LogP contribution in [0.15, 0.2) is 53.3 Å². The van der Waals surface area contributed by atoms with E-state index >= 15 is 0 Å². The number of hydrogen-bond acceptors (Lipinski definition) is 4. The number of pyridine rings is 1. The lowest BCUT2D eigenvalue weighted by Crippen LogP contribution is -2.34. The minimum absolute atomic E-state index is 0.106. The maximum Gasteiger partial charge on any atom is 0.257 e. The number of carbonyl (C=O) groups is 1. The summed E-state index contributed by atoms with van der Waals surface area (Å²) in [5, 5.41) is 3.70. The van der Waals surface area contributed by atoms with Gasteiger partial charge in [-0.05, 0) is 43.8 Å². The first-order chi connectivity index (χ1) is 15.3. The smallest absolute Gasteiger partial charge is 0.257 e. The van der Waals surface area contributed by atoms with Crippen LogP contribution in [0.1, 0.15) is 30.9 Å². The van der Waals surface area contributed by atoms with Crippen molar-refractivity contribution in [2.45, 2.75) is 26.3 Å². The summed E-state index contributed by atoms with van der Waals surface area (Å²) in [6, 6.07) is 13.5. The molecular formula is C25H30FN3O3. The van der Waals surface area contributed by atoms with E-state index in [0.717, 1.165) is 17.5 Å². The third-order valence-electron chi connectivity index (χ3n) is 5.28. The minimum Gasteiger partial charge on any atom is -0.484 e. The average Bonchev–Trinajstić information content (AvgIpc) is 2.74. The zero-order valence-corrected chi connectivity index (χ0v) is 19.0. The molecule has 32 heavy (non-hydrogen) atoms. The Morgan fingerprint density at radius 2 is 1.91 bits per heavy atom. The van der Waals surface area contributed by atoms with Crippen LogP contribution in [-0.2, 0) is 11.3 Å². The molecule has 170 valence electrons. The second kappa shape index (κ2) is 10.4. The third-order valence-corrected chi connectivity index (χ3v) is 5.28. The topological polar surface area (TPSA) is 63.6 Å². The number of nitrogens with zero attached hydrogens (tertiary/aromatic N) is 2. The van der Waals surface area contributed by atoms with E-state index in [2.05, 4.69) is 5.32 Å². The standard InChI is InChI=1S/C25H30FN3O3/c1-17(2)21-14-25(31)29(15-18-7-5-6-8-22(18)26)23-13-19(9-10-20(21)23)32-16-24(30)27-11-12-28(3)4/h5-10,13-14,17H,11-12,15-16H2,1-4H3,(H,27,30). The summed E-state index contributed by atoms with van der Waals surface area (Å²) in [4.78, 5) is 27.0. The molecule has 3 aromatic rings. The van der Waals surface area contributed by atoms with Crippen LogP contribution >= 0.6 is 0 Å². The maximum absolute atomic E-state index is 14.3. The highest BCUT2D eigenvalue weighted by atomic mass is 19.1. The molecule has 0 unspecified atom stereocenters. The molecule has 0 spiro atoms. The van der Waals surface area contributed by atoms with E-state index in [1.54, 1.807) is 41.0 Å². The van der Waals surface area contributed by atoms with Gasteiger partial charge in [-0.15, -0.1) is 0 Å². The summed E-state index contributed by atoms with van der Waals surface area (Å²) in [5.74, 6) is 0.0410. The van der Waals surface area contributed by atoms with Crippen molar-refractivity contribution >= 4 is 16.8 Å². The Hall–Kier alpha value is -3.19. The summed E-state index contributed by atoms with van der Waals surface area (Å²) in [6.45, 7) is 5.31. The summed E-state index contributed by atoms with van der Waals surface area (Å²) in [5.41, 5.74) is 1.79. The molecule has 0 saturated carbocycles. The quantitative estimate of drug-likeness (QED) is 0.555. The fourth-order valence-corrected chi connectivity index (χ4v) is 3.53. The summed E-state index contributed by atoms with van der Waals surface area (Å²) >= 11 is 0. The van der Waals surface area contributed by atoms with E-state index < -0.39 is 0 Å². The van der Waals surface area contributed by atoms with Crippen LogP contribution in [0.25, 0.3) is 10.9 Å². The Morgan fingerprint density at radius 3 is 2.59 bits per heavy atom. The molecule has 1 N–H and O–H groups in total. The predicted molar refractivity (Wildman–Crippen MR) is 125 cm³/mol. The van der Waals surface area contributed by atoms with E-state index in [0.29, 0.717) is 23.4 Å². The molecule has 7 heteroatoms. The molecule has 1 heterocycles. The van der Waals surface area contributed by atoms with Gasteiger partial charge in [-0.25, -0.2) is 4.39 Å². The number of aromatic nitrogens is 1. The van der Waals surface area contributed by atoms with Gasteiger partial charge in [0.2, 0.25) is 0 Å². The van der Waals surface area contributed by atoms with Crippen molar-refractivity contribution in [2.75, 3.05) is 33.8 Å². The lowest BCUT2D eigenvalue weighted by molar-refractivity contribution is -0.123. The molecule has 0 atom stereocenters. The van der Waals surface area contributed by atoms with Gasteiger partial charge in [0, 0.05) is 36.2 Å². The molecule has 3 rings (SSSR count). The highest BCUT2D eigenvalue weighted by Crippen LogP contribution is 2.28. The van der Waals surface area contributed by atoms with Crippen molar-refractivity contribution in [3.63, 3.8) is 0 Å². The van der Waals surface area contributed by atoms with Crippen molar-refractivity contribution in [3.8, 4) is 5.75 Å². The Balaban J connectivity index is 1.92. The van der Waals surface area contributed by atoms with E-state index in [1.165, 1.54) is 6.07 Å². The van der Waals surface area contributed by atoms with Gasteiger partial charge in [0.15, 0.2) is 6.61 Å². The summed E-state index contributed by atoms with van der Waals surface area (Å²) in [7, 11) is 3.87. The van der Waals surface area contributed by atoms with Crippen molar-refractivity contribution in [3.05, 3.63) is 75.8 Å². The monoisotopic (exact) mass is 439 g/mol. The van der Waals surface area contributed by atoms with Gasteiger partial charge in [0.25, 0.3) is 11.5 Å². The lowest BCUT2D eigenvalue weighted by atomic mass is 9.98. The van der Waals surface area contributed by atoms with Crippen LogP contribution in [0.2, 0.25) is 0 Å². The first-order valence-corrected chi connectivity index (χ1v) is 10.7. The van der Waals surface area contributed by atoms with Crippen molar-refractivity contribution in [1.29, 1.82) is 0 Å². The normalized spacial score (nSPS) is 11.3. The van der Waals surface area contributed by atoms with Gasteiger partial charge in [-0.2, -0.15) is 0 Å². The number of ether oxygens (including phenoxy) is 1. The zero-order valence-electron chi connectivity index (χ0n) is 19.0. The fourth-order valence-electron chi connectivity index (χ4n) is 3.53. The van der Waals surface area contributed by atoms with Gasteiger partial charge in [-0.3, -0.25) is 9.59 Å². The number of nitrogens with one attached hydrogen (secondary N) is 1. The second-order valence-electron chi connectivity index (χ2n) is 8.39. The Labute approximate surface area is 187 Å². The van der Waals surface area contributed by atoms with Crippen LogP contribution in [0, 0.1) is 5.82 Å². The van der Waals surface area contributed by atoms with E-state index in [4.69, 9.17) is 4.74 Å². The fraction of sp³-hybridized carbons (Fsp3) is 0.360. The Kier molecular flexibility index (Phi) is 7.64. The van der Waals surface area contributed by atoms with Crippen LogP contribution in [0.5, 0.6) is 5.75 Å². The third kappa shape index (κ3) is 5.73. The van der Waals surface area contributed by atoms with Crippen molar-refractivity contribution in [2.24, 2.45) is 0 Å². The predicted octanol–water partition coefficient (Wildman–Crippen LogP) is 3.37. The van der Waals surface area contributed by atoms with Gasteiger partial charge in [-0.1, -0.05) is 32.0 Å². The number of likely N-dealkylation sites (N-methyl/N-ethyl adjacent to an activating group) is 1. The summed E-state index contributed by atoms with van der Waals surface area (Å²) < 4.78 is 21.5. The molecule has 0 saturated heterocycles. The highest BCUT2D eigenvalue weighted by Gasteiger charge is 2.14. The number of fused-ring (bicyclic) bond motifs is 1. The zero-order chi connectivity index (χ0) is 23.3. The van der Waals surface area contributed by atoms with E-state index in [9.17, 15) is 14.0 Å². The van der Waals surface area contributed by atoms with Crippen LogP contribution < -0.4 is 15.6 Å². The van der Waals surface area contributed by atoms with Gasteiger partial charge in [0.1, 0.15) is 11.6 Å². The first-order valence-electron chi connectivity index (χ1n) is 10.7. The second-order valence-corrected chi connectivity index (χ2v) is 8.39. The number of amides is 1. The van der Waals surface area contributed by atoms with Crippen LogP contribution in [0.4, 0.5) is 4.39 Å². The minimum atomic E-state index is -0.359. The molecule has 0 fully saturated rings. The number of hydrogen-bond donors (Lipinski definition) is 1. The van der Waals surface area contributed by atoms with Crippen LogP contribution in [-0.4, -0.2) is 49.2 Å². The number of benzene rings is 2. The molecule has 0 aliphatic heterocycles. The molecular weight excluding hydrogens is 409 g/mol. The summed E-state index contributed by atoms with van der Waals surface area (Å²) in [6.07, 6.45) is 0. The van der Waals surface area contributed by atoms with E-state index in [-0.39, 0.29) is 36.4 Å². The molecule has 0 bridgehead atoms. The number of carbonyl (C=O) groups excluding carboxylic acids is 1. The molecule has 0 aliphatic rings. The number of rotatable bonds is 9. The Bertz CT molecular complexity index is 1150.